The highest BCUT2D eigenvalue weighted by Crippen LogP contribution is 2.37. The van der Waals surface area contributed by atoms with Crippen LogP contribution in [0.1, 0.15) is 58.9 Å². The SMILES string of the molecule is CCCC(=N)C1(c2ccccc2)CCN(CCNC(=O)OC(C)(C)C)CC1. The Morgan fingerprint density at radius 1 is 1.22 bits per heavy atom. The highest BCUT2D eigenvalue weighted by Gasteiger charge is 2.39. The minimum absolute atomic E-state index is 0.133. The zero-order valence-electron chi connectivity index (χ0n) is 17.3. The van der Waals surface area contributed by atoms with Crippen molar-refractivity contribution >= 4 is 11.8 Å². The van der Waals surface area contributed by atoms with Crippen molar-refractivity contribution in [1.82, 2.24) is 10.2 Å². The molecule has 150 valence electrons. The van der Waals surface area contributed by atoms with Crippen molar-refractivity contribution in [3.63, 3.8) is 0 Å². The van der Waals surface area contributed by atoms with E-state index in [4.69, 9.17) is 10.1 Å². The maximum Gasteiger partial charge on any atom is 0.407 e. The first-order valence-electron chi connectivity index (χ1n) is 10.1. The number of hydrogen-bond acceptors (Lipinski definition) is 4. The molecule has 1 fully saturated rings. The molecule has 1 aromatic carbocycles. The molecule has 2 rings (SSSR count). The number of piperidine rings is 1. The summed E-state index contributed by atoms with van der Waals surface area (Å²) in [5, 5.41) is 11.6. The Bertz CT molecular complexity index is 614. The maximum absolute atomic E-state index is 11.8. The lowest BCUT2D eigenvalue weighted by Crippen LogP contribution is -2.48. The highest BCUT2D eigenvalue weighted by molar-refractivity contribution is 5.92. The number of ether oxygens (including phenoxy) is 1. The number of nitrogens with zero attached hydrogens (tertiary/aromatic N) is 1. The van der Waals surface area contributed by atoms with Crippen molar-refractivity contribution in [3.05, 3.63) is 35.9 Å². The van der Waals surface area contributed by atoms with Crippen LogP contribution < -0.4 is 5.32 Å². The minimum atomic E-state index is -0.468. The predicted molar refractivity (Wildman–Crippen MR) is 111 cm³/mol. The van der Waals surface area contributed by atoms with E-state index < -0.39 is 5.60 Å². The van der Waals surface area contributed by atoms with Crippen molar-refractivity contribution in [2.24, 2.45) is 0 Å². The van der Waals surface area contributed by atoms with Crippen molar-refractivity contribution in [1.29, 1.82) is 5.41 Å². The van der Waals surface area contributed by atoms with Gasteiger partial charge in [0.25, 0.3) is 0 Å². The molecule has 27 heavy (non-hydrogen) atoms. The molecule has 0 radical (unpaired) electrons. The Hall–Kier alpha value is -1.88. The zero-order chi connectivity index (χ0) is 19.9. The minimum Gasteiger partial charge on any atom is -0.444 e. The van der Waals surface area contributed by atoms with Gasteiger partial charge in [-0.3, -0.25) is 0 Å². The van der Waals surface area contributed by atoms with Crippen LogP contribution in [0.2, 0.25) is 0 Å². The third-order valence-corrected chi connectivity index (χ3v) is 5.21. The first-order chi connectivity index (χ1) is 12.8. The molecule has 0 bridgehead atoms. The van der Waals surface area contributed by atoms with Gasteiger partial charge >= 0.3 is 6.09 Å². The van der Waals surface area contributed by atoms with Gasteiger partial charge in [0, 0.05) is 24.2 Å². The van der Waals surface area contributed by atoms with Crippen LogP contribution in [0.5, 0.6) is 0 Å². The van der Waals surface area contributed by atoms with E-state index in [-0.39, 0.29) is 11.5 Å². The molecule has 5 nitrogen and oxygen atoms in total. The summed E-state index contributed by atoms with van der Waals surface area (Å²) in [6, 6.07) is 10.5. The van der Waals surface area contributed by atoms with E-state index in [1.54, 1.807) is 0 Å². The topological polar surface area (TPSA) is 65.4 Å². The van der Waals surface area contributed by atoms with E-state index in [1.807, 2.05) is 26.8 Å². The number of likely N-dealkylation sites (tertiary alicyclic amines) is 1. The number of amides is 1. The standard InChI is InChI=1S/C22H35N3O2/c1-5-9-19(23)22(18-10-7-6-8-11-18)12-15-25(16-13-22)17-14-24-20(26)27-21(2,3)4/h6-8,10-11,23H,5,9,12-17H2,1-4H3,(H,24,26). The van der Waals surface area contributed by atoms with Crippen LogP contribution in [0, 0.1) is 5.41 Å². The first-order valence-corrected chi connectivity index (χ1v) is 10.1. The molecular formula is C22H35N3O2. The van der Waals surface area contributed by atoms with E-state index in [1.165, 1.54) is 5.56 Å². The largest absolute Gasteiger partial charge is 0.444 e. The first kappa shape index (κ1) is 21.4. The molecule has 1 heterocycles. The molecule has 0 spiro atoms. The summed E-state index contributed by atoms with van der Waals surface area (Å²) in [7, 11) is 0. The molecule has 0 atom stereocenters. The monoisotopic (exact) mass is 373 g/mol. The van der Waals surface area contributed by atoms with Crippen molar-refractivity contribution in [2.45, 2.75) is 64.4 Å². The molecule has 5 heteroatoms. The maximum atomic E-state index is 11.8. The molecular weight excluding hydrogens is 338 g/mol. The number of hydrogen-bond donors (Lipinski definition) is 2. The van der Waals surface area contributed by atoms with Crippen LogP contribution >= 0.6 is 0 Å². The second-order valence-electron chi connectivity index (χ2n) is 8.45. The van der Waals surface area contributed by atoms with Crippen molar-refractivity contribution in [2.75, 3.05) is 26.2 Å². The number of carbonyl (C=O) groups is 1. The third-order valence-electron chi connectivity index (χ3n) is 5.21. The van der Waals surface area contributed by atoms with Gasteiger partial charge in [0.15, 0.2) is 0 Å². The lowest BCUT2D eigenvalue weighted by molar-refractivity contribution is 0.0519. The van der Waals surface area contributed by atoms with Crippen LogP contribution in [-0.2, 0) is 10.2 Å². The molecule has 1 aliphatic heterocycles. The Morgan fingerprint density at radius 2 is 1.85 bits per heavy atom. The third kappa shape index (κ3) is 6.06. The molecule has 0 aliphatic carbocycles. The molecule has 1 saturated heterocycles. The molecule has 2 N–H and O–H groups in total. The van der Waals surface area contributed by atoms with Gasteiger partial charge in [0.05, 0.1) is 0 Å². The van der Waals surface area contributed by atoms with Crippen LogP contribution in [0.15, 0.2) is 30.3 Å². The van der Waals surface area contributed by atoms with Gasteiger partial charge in [-0.15, -0.1) is 0 Å². The van der Waals surface area contributed by atoms with E-state index in [2.05, 4.69) is 41.4 Å². The number of rotatable bonds is 7. The quantitative estimate of drug-likeness (QED) is 0.698. The van der Waals surface area contributed by atoms with Gasteiger partial charge in [0.2, 0.25) is 0 Å². The van der Waals surface area contributed by atoms with Gasteiger partial charge in [-0.25, -0.2) is 4.79 Å². The summed E-state index contributed by atoms with van der Waals surface area (Å²) in [5.74, 6) is 0. The van der Waals surface area contributed by atoms with Crippen molar-refractivity contribution < 1.29 is 9.53 Å². The summed E-state index contributed by atoms with van der Waals surface area (Å²) in [4.78, 5) is 14.1. The Morgan fingerprint density at radius 3 is 2.41 bits per heavy atom. The molecule has 0 saturated carbocycles. The van der Waals surface area contributed by atoms with E-state index in [0.29, 0.717) is 6.54 Å². The number of alkyl carbamates (subject to hydrolysis) is 1. The molecule has 1 aromatic rings. The lowest BCUT2D eigenvalue weighted by Gasteiger charge is -2.43. The fraction of sp³-hybridized carbons (Fsp3) is 0.636. The van der Waals surface area contributed by atoms with Gasteiger partial charge in [-0.05, 0) is 58.7 Å². The van der Waals surface area contributed by atoms with Gasteiger partial charge in [-0.2, -0.15) is 0 Å². The van der Waals surface area contributed by atoms with Gasteiger partial charge < -0.3 is 20.4 Å². The van der Waals surface area contributed by atoms with Gasteiger partial charge in [0.1, 0.15) is 5.60 Å². The zero-order valence-corrected chi connectivity index (χ0v) is 17.3. The smallest absolute Gasteiger partial charge is 0.407 e. The second kappa shape index (κ2) is 9.36. The molecule has 1 amide bonds. The van der Waals surface area contributed by atoms with Crippen molar-refractivity contribution in [3.8, 4) is 0 Å². The number of carbonyl (C=O) groups excluding carboxylic acids is 1. The van der Waals surface area contributed by atoms with Crippen LogP contribution in [0.4, 0.5) is 4.79 Å². The Kier molecular flexibility index (Phi) is 7.42. The summed E-state index contributed by atoms with van der Waals surface area (Å²) in [6.07, 6.45) is 3.43. The van der Waals surface area contributed by atoms with Crippen LogP contribution in [0.25, 0.3) is 0 Å². The van der Waals surface area contributed by atoms with Crippen LogP contribution in [-0.4, -0.2) is 48.5 Å². The van der Waals surface area contributed by atoms with E-state index in [0.717, 1.165) is 51.0 Å². The van der Waals surface area contributed by atoms with E-state index >= 15 is 0 Å². The summed E-state index contributed by atoms with van der Waals surface area (Å²) < 4.78 is 5.28. The van der Waals surface area contributed by atoms with E-state index in [9.17, 15) is 4.79 Å². The summed E-state index contributed by atoms with van der Waals surface area (Å²) in [5.41, 5.74) is 1.54. The second-order valence-corrected chi connectivity index (χ2v) is 8.45. The Balaban J connectivity index is 1.91. The fourth-order valence-electron chi connectivity index (χ4n) is 3.80. The molecule has 0 aromatic heterocycles. The number of nitrogens with one attached hydrogen (secondary N) is 2. The Labute approximate surface area is 164 Å². The number of benzene rings is 1. The predicted octanol–water partition coefficient (Wildman–Crippen LogP) is 4.36. The van der Waals surface area contributed by atoms with Crippen LogP contribution in [0.3, 0.4) is 0 Å². The van der Waals surface area contributed by atoms with Gasteiger partial charge in [-0.1, -0.05) is 43.7 Å². The molecule has 0 unspecified atom stereocenters. The summed E-state index contributed by atoms with van der Waals surface area (Å²) in [6.45, 7) is 11.0. The lowest BCUT2D eigenvalue weighted by atomic mass is 9.68. The fourth-order valence-corrected chi connectivity index (χ4v) is 3.80. The summed E-state index contributed by atoms with van der Waals surface area (Å²) >= 11 is 0. The average molecular weight is 374 g/mol. The molecule has 1 aliphatic rings. The average Bonchev–Trinajstić information content (AvgIpc) is 2.62. The normalized spacial score (nSPS) is 17.3. The highest BCUT2D eigenvalue weighted by atomic mass is 16.6.